The van der Waals surface area contributed by atoms with Crippen molar-refractivity contribution in [2.24, 2.45) is 4.99 Å². The fraction of sp³-hybridized carbons (Fsp3) is 0.368. The lowest BCUT2D eigenvalue weighted by Crippen LogP contribution is -2.38. The van der Waals surface area contributed by atoms with Crippen LogP contribution in [0.1, 0.15) is 25.7 Å². The van der Waals surface area contributed by atoms with Crippen molar-refractivity contribution in [3.05, 3.63) is 54.7 Å². The molecule has 2 heterocycles. The second kappa shape index (κ2) is 9.16. The summed E-state index contributed by atoms with van der Waals surface area (Å²) in [6, 6.07) is 10.4. The fourth-order valence-corrected chi connectivity index (χ4v) is 2.93. The molecule has 0 aliphatic carbocycles. The van der Waals surface area contributed by atoms with Crippen LogP contribution >= 0.6 is 0 Å². The van der Waals surface area contributed by atoms with Gasteiger partial charge >= 0.3 is 6.55 Å². The average Bonchev–Trinajstić information content (AvgIpc) is 3.30. The molecule has 27 heavy (non-hydrogen) atoms. The van der Waals surface area contributed by atoms with Crippen molar-refractivity contribution in [2.75, 3.05) is 13.1 Å². The van der Waals surface area contributed by atoms with E-state index in [1.54, 1.807) is 0 Å². The predicted octanol–water partition coefficient (Wildman–Crippen LogP) is 3.38. The summed E-state index contributed by atoms with van der Waals surface area (Å²) in [5.74, 6) is 0.833. The highest BCUT2D eigenvalue weighted by Crippen LogP contribution is 2.15. The zero-order valence-electron chi connectivity index (χ0n) is 15.3. The number of aryl methyl sites for hydroxylation is 1. The van der Waals surface area contributed by atoms with Gasteiger partial charge in [0.2, 0.25) is 0 Å². The van der Waals surface area contributed by atoms with Gasteiger partial charge in [0.25, 0.3) is 0 Å². The first kappa shape index (κ1) is 18.9. The van der Waals surface area contributed by atoms with Crippen molar-refractivity contribution in [1.29, 1.82) is 0 Å². The van der Waals surface area contributed by atoms with E-state index in [0.717, 1.165) is 24.1 Å². The Morgan fingerprint density at radius 1 is 1.19 bits per heavy atom. The molecule has 0 atom stereocenters. The molecule has 2 N–H and O–H groups in total. The van der Waals surface area contributed by atoms with Crippen LogP contribution in [-0.4, -0.2) is 33.2 Å². The third-order valence-electron chi connectivity index (χ3n) is 4.23. The molecule has 0 unspecified atom stereocenters. The maximum atomic E-state index is 12.9. The van der Waals surface area contributed by atoms with Gasteiger partial charge in [0.1, 0.15) is 12.4 Å². The summed E-state index contributed by atoms with van der Waals surface area (Å²) in [5, 5.41) is 7.60. The molecule has 8 heteroatoms. The molecular weight excluding hydrogens is 350 g/mol. The summed E-state index contributed by atoms with van der Waals surface area (Å²) in [6.07, 6.45) is 5.62. The van der Waals surface area contributed by atoms with E-state index >= 15 is 0 Å². The maximum absolute atomic E-state index is 12.9. The Morgan fingerprint density at radius 2 is 2.04 bits per heavy atom. The van der Waals surface area contributed by atoms with E-state index in [2.05, 4.69) is 49.6 Å². The van der Waals surface area contributed by atoms with E-state index in [-0.39, 0.29) is 12.4 Å². The monoisotopic (exact) mass is 374 g/mol. The fourth-order valence-electron chi connectivity index (χ4n) is 2.93. The van der Waals surface area contributed by atoms with Gasteiger partial charge in [-0.25, -0.2) is 9.98 Å². The Morgan fingerprint density at radius 3 is 2.85 bits per heavy atom. The third kappa shape index (κ3) is 4.84. The molecule has 0 aliphatic heterocycles. The topological polar surface area (TPSA) is 59.2 Å². The van der Waals surface area contributed by atoms with Crippen molar-refractivity contribution in [3.8, 4) is 0 Å². The number of hydrogen-bond donors (Lipinski definition) is 2. The van der Waals surface area contributed by atoms with E-state index < -0.39 is 6.55 Å². The van der Waals surface area contributed by atoms with Crippen LogP contribution in [0.4, 0.5) is 8.78 Å². The summed E-state index contributed by atoms with van der Waals surface area (Å²) in [5.41, 5.74) is 1.22. The van der Waals surface area contributed by atoms with Gasteiger partial charge < -0.3 is 15.2 Å². The van der Waals surface area contributed by atoms with Crippen molar-refractivity contribution in [3.63, 3.8) is 0 Å². The smallest absolute Gasteiger partial charge is 0.319 e. The van der Waals surface area contributed by atoms with Crippen LogP contribution in [0.2, 0.25) is 0 Å². The summed E-state index contributed by atoms with van der Waals surface area (Å²) in [6.45, 7) is 1.75. The highest BCUT2D eigenvalue weighted by atomic mass is 19.3. The summed E-state index contributed by atoms with van der Waals surface area (Å²) >= 11 is 0. The zero-order valence-corrected chi connectivity index (χ0v) is 15.3. The number of imidazole rings is 1. The molecule has 3 aromatic rings. The number of alkyl halides is 2. The van der Waals surface area contributed by atoms with E-state index in [4.69, 9.17) is 0 Å². The van der Waals surface area contributed by atoms with Crippen LogP contribution < -0.4 is 10.6 Å². The van der Waals surface area contributed by atoms with E-state index in [1.165, 1.54) is 23.3 Å². The van der Waals surface area contributed by atoms with Gasteiger partial charge in [-0.1, -0.05) is 18.2 Å². The number of guanidine groups is 1. The minimum Gasteiger partial charge on any atom is -0.357 e. The van der Waals surface area contributed by atoms with Gasteiger partial charge in [-0.05, 0) is 30.9 Å². The number of rotatable bonds is 8. The average molecular weight is 374 g/mol. The van der Waals surface area contributed by atoms with Gasteiger partial charge in [-0.2, -0.15) is 8.78 Å². The molecule has 0 radical (unpaired) electrons. The quantitative estimate of drug-likeness (QED) is 0.361. The Balaban J connectivity index is 1.52. The Bertz CT molecular complexity index is 883. The van der Waals surface area contributed by atoms with Crippen molar-refractivity contribution < 1.29 is 8.78 Å². The van der Waals surface area contributed by atoms with E-state index in [0.29, 0.717) is 12.5 Å². The van der Waals surface area contributed by atoms with Crippen molar-refractivity contribution in [2.45, 2.75) is 33.0 Å². The number of nitrogens with zero attached hydrogens (tertiary/aromatic N) is 4. The van der Waals surface area contributed by atoms with E-state index in [1.807, 2.05) is 19.1 Å². The van der Waals surface area contributed by atoms with Crippen LogP contribution in [0.5, 0.6) is 0 Å². The van der Waals surface area contributed by atoms with Crippen LogP contribution in [0.25, 0.3) is 10.9 Å². The van der Waals surface area contributed by atoms with Crippen molar-refractivity contribution in [1.82, 2.24) is 24.8 Å². The number of halogens is 2. The zero-order chi connectivity index (χ0) is 19.1. The van der Waals surface area contributed by atoms with Crippen molar-refractivity contribution >= 4 is 16.9 Å². The Hall–Kier alpha value is -2.90. The second-order valence-corrected chi connectivity index (χ2v) is 6.07. The molecule has 3 rings (SSSR count). The van der Waals surface area contributed by atoms with Crippen LogP contribution in [0.3, 0.4) is 0 Å². The predicted molar refractivity (Wildman–Crippen MR) is 103 cm³/mol. The minimum atomic E-state index is -2.61. The first-order valence-electron chi connectivity index (χ1n) is 9.05. The van der Waals surface area contributed by atoms with Gasteiger partial charge in [-0.3, -0.25) is 4.57 Å². The minimum absolute atomic E-state index is 0.0922. The molecule has 0 saturated heterocycles. The normalized spacial score (nSPS) is 12.1. The molecular formula is C19H24F2N6. The molecule has 0 fully saturated rings. The third-order valence-corrected chi connectivity index (χ3v) is 4.23. The number of aliphatic imine (C=N–C) groups is 1. The first-order chi connectivity index (χ1) is 13.2. The molecule has 0 amide bonds. The standard InChI is InChI=1S/C19H24F2N6/c1-2-22-19(25-14-17-23-10-13-27(17)18(20)21)24-9-5-11-26-12-8-15-6-3-4-7-16(15)26/h3-4,6-8,10,12-13,18H,2,5,9,11,14H2,1H3,(H2,22,24,25). The highest BCUT2D eigenvalue weighted by molar-refractivity contribution is 5.80. The van der Waals surface area contributed by atoms with Gasteiger partial charge in [-0.15, -0.1) is 0 Å². The number of nitrogens with one attached hydrogen (secondary N) is 2. The van der Waals surface area contributed by atoms with Crippen LogP contribution in [-0.2, 0) is 13.1 Å². The summed E-state index contributed by atoms with van der Waals surface area (Å²) < 4.78 is 28.8. The largest absolute Gasteiger partial charge is 0.357 e. The maximum Gasteiger partial charge on any atom is 0.319 e. The number of para-hydroxylation sites is 1. The number of fused-ring (bicyclic) bond motifs is 1. The Labute approximate surface area is 156 Å². The summed E-state index contributed by atoms with van der Waals surface area (Å²) in [4.78, 5) is 8.30. The molecule has 0 spiro atoms. The van der Waals surface area contributed by atoms with Gasteiger partial charge in [0, 0.05) is 43.7 Å². The molecule has 0 bridgehead atoms. The number of aromatic nitrogens is 3. The molecule has 1 aromatic carbocycles. The molecule has 144 valence electrons. The van der Waals surface area contributed by atoms with Gasteiger partial charge in [0.05, 0.1) is 0 Å². The van der Waals surface area contributed by atoms with Crippen LogP contribution in [0.15, 0.2) is 53.9 Å². The lowest BCUT2D eigenvalue weighted by Gasteiger charge is -2.12. The SMILES string of the molecule is CCNC(=NCc1nccn1C(F)F)NCCCn1ccc2ccccc21. The lowest BCUT2D eigenvalue weighted by atomic mass is 10.2. The van der Waals surface area contributed by atoms with Crippen LogP contribution in [0, 0.1) is 0 Å². The first-order valence-corrected chi connectivity index (χ1v) is 9.05. The Kier molecular flexibility index (Phi) is 6.40. The highest BCUT2D eigenvalue weighted by Gasteiger charge is 2.10. The molecule has 6 nitrogen and oxygen atoms in total. The summed E-state index contributed by atoms with van der Waals surface area (Å²) in [7, 11) is 0. The molecule has 2 aromatic heterocycles. The molecule has 0 saturated carbocycles. The molecule has 0 aliphatic rings. The van der Waals surface area contributed by atoms with Gasteiger partial charge in [0.15, 0.2) is 5.96 Å². The number of benzene rings is 1. The second-order valence-electron chi connectivity index (χ2n) is 6.07. The van der Waals surface area contributed by atoms with E-state index in [9.17, 15) is 8.78 Å². The lowest BCUT2D eigenvalue weighted by molar-refractivity contribution is 0.0671. The number of hydrogen-bond acceptors (Lipinski definition) is 2.